The van der Waals surface area contributed by atoms with Crippen molar-refractivity contribution in [2.45, 2.75) is 19.4 Å². The minimum atomic E-state index is -1.09. The highest BCUT2D eigenvalue weighted by Gasteiger charge is 2.54. The van der Waals surface area contributed by atoms with Gasteiger partial charge in [-0.05, 0) is 44.2 Å². The number of para-hydroxylation sites is 2. The van der Waals surface area contributed by atoms with E-state index in [4.69, 9.17) is 21.1 Å². The van der Waals surface area contributed by atoms with Crippen molar-refractivity contribution in [3.63, 3.8) is 0 Å². The Morgan fingerprint density at radius 3 is 2.03 bits per heavy atom. The second-order valence-electron chi connectivity index (χ2n) is 8.83. The van der Waals surface area contributed by atoms with E-state index >= 15 is 0 Å². The van der Waals surface area contributed by atoms with Crippen molar-refractivity contribution in [2.75, 3.05) is 23.3 Å². The average molecular weight is 497 g/mol. The van der Waals surface area contributed by atoms with Crippen LogP contribution in [0.4, 0.5) is 17.1 Å². The molecular weight excluding hydrogens is 472 g/mol. The highest BCUT2D eigenvalue weighted by Crippen LogP contribution is 2.56. The van der Waals surface area contributed by atoms with Crippen LogP contribution >= 0.6 is 11.6 Å². The van der Waals surface area contributed by atoms with E-state index in [9.17, 15) is 4.79 Å². The summed E-state index contributed by atoms with van der Waals surface area (Å²) < 4.78 is 12.5. The van der Waals surface area contributed by atoms with Gasteiger partial charge in [0.25, 0.3) is 0 Å². The zero-order chi connectivity index (χ0) is 24.9. The number of benzene rings is 4. The molecule has 0 radical (unpaired) electrons. The maximum absolute atomic E-state index is 13.6. The van der Waals surface area contributed by atoms with Gasteiger partial charge < -0.3 is 19.7 Å². The van der Waals surface area contributed by atoms with E-state index in [1.807, 2.05) is 84.9 Å². The van der Waals surface area contributed by atoms with E-state index in [1.165, 1.54) is 0 Å². The van der Waals surface area contributed by atoms with Crippen molar-refractivity contribution in [3.05, 3.63) is 112 Å². The van der Waals surface area contributed by atoms with Crippen molar-refractivity contribution in [1.29, 1.82) is 0 Å². The number of ether oxygens (including phenoxy) is 2. The Balaban J connectivity index is 1.52. The van der Waals surface area contributed by atoms with E-state index in [0.717, 1.165) is 41.2 Å². The zero-order valence-electron chi connectivity index (χ0n) is 20.0. The molecule has 2 aliphatic heterocycles. The van der Waals surface area contributed by atoms with Gasteiger partial charge in [-0.3, -0.25) is 0 Å². The highest BCUT2D eigenvalue weighted by molar-refractivity contribution is 6.36. The smallest absolute Gasteiger partial charge is 0.342 e. The number of hydrogen-bond acceptors (Lipinski definition) is 5. The van der Waals surface area contributed by atoms with Crippen molar-refractivity contribution in [3.8, 4) is 11.5 Å². The molecule has 4 aromatic carbocycles. The number of halogens is 1. The average Bonchev–Trinajstić information content (AvgIpc) is 3.20. The Hall–Kier alpha value is -3.96. The van der Waals surface area contributed by atoms with Crippen LogP contribution in [0.3, 0.4) is 0 Å². The predicted molar refractivity (Wildman–Crippen MR) is 143 cm³/mol. The molecule has 2 aliphatic rings. The molecule has 0 bridgehead atoms. The van der Waals surface area contributed by atoms with Gasteiger partial charge in [-0.2, -0.15) is 0 Å². The summed E-state index contributed by atoms with van der Waals surface area (Å²) in [5, 5.41) is 4.04. The number of carbonyl (C=O) groups is 1. The summed E-state index contributed by atoms with van der Waals surface area (Å²) in [6, 6.07) is 27.1. The number of carbonyl (C=O) groups excluding carboxylic acids is 1. The number of fused-ring (bicyclic) bond motifs is 6. The normalized spacial score (nSPS) is 14.4. The molecule has 0 aromatic heterocycles. The van der Waals surface area contributed by atoms with Crippen LogP contribution in [0.5, 0.6) is 11.5 Å². The van der Waals surface area contributed by atoms with Gasteiger partial charge in [0.05, 0.1) is 27.6 Å². The monoisotopic (exact) mass is 496 g/mol. The Kier molecular flexibility index (Phi) is 5.38. The van der Waals surface area contributed by atoms with E-state index in [2.05, 4.69) is 24.1 Å². The minimum absolute atomic E-state index is 0.393. The standard InChI is InChI=1S/C30H25ClN2O3/c1-3-33(4-2)24-16-10-15-23(28(24)31)32-22-14-9-13-21-27(22)29(34)36-30(21)19-11-5-7-17-25(19)35-26-18-8-6-12-20(26)30/h5-18,32H,3-4H2,1-2H3. The molecule has 36 heavy (non-hydrogen) atoms. The summed E-state index contributed by atoms with van der Waals surface area (Å²) >= 11 is 6.84. The SMILES string of the molecule is CCN(CC)c1cccc(Nc2cccc3c2C(=O)OC32c3ccccc3Oc3ccccc32)c1Cl. The van der Waals surface area contributed by atoms with E-state index in [1.54, 1.807) is 0 Å². The molecular formula is C30H25ClN2O3. The summed E-state index contributed by atoms with van der Waals surface area (Å²) in [5.41, 5.74) is 4.10. The molecule has 2 heterocycles. The molecule has 0 amide bonds. The van der Waals surface area contributed by atoms with Crippen molar-refractivity contribution in [2.24, 2.45) is 0 Å². The van der Waals surface area contributed by atoms with Gasteiger partial charge in [-0.1, -0.05) is 66.2 Å². The molecule has 0 atom stereocenters. The fraction of sp³-hybridized carbons (Fsp3) is 0.167. The third-order valence-corrected chi connectivity index (χ3v) is 7.40. The second-order valence-corrected chi connectivity index (χ2v) is 9.21. The number of anilines is 3. The van der Waals surface area contributed by atoms with Gasteiger partial charge in [0.2, 0.25) is 0 Å². The molecule has 0 aliphatic carbocycles. The number of esters is 1. The number of hydrogen-bond donors (Lipinski definition) is 1. The Morgan fingerprint density at radius 2 is 1.36 bits per heavy atom. The Labute approximate surface area is 215 Å². The first kappa shape index (κ1) is 22.5. The largest absolute Gasteiger partial charge is 0.456 e. The van der Waals surface area contributed by atoms with Crippen LogP contribution in [-0.4, -0.2) is 19.1 Å². The number of rotatable bonds is 5. The quantitative estimate of drug-likeness (QED) is 0.290. The highest BCUT2D eigenvalue weighted by atomic mass is 35.5. The molecule has 1 N–H and O–H groups in total. The van der Waals surface area contributed by atoms with Crippen LogP contribution in [0.25, 0.3) is 0 Å². The number of nitrogens with zero attached hydrogens (tertiary/aromatic N) is 1. The first-order valence-electron chi connectivity index (χ1n) is 12.1. The predicted octanol–water partition coefficient (Wildman–Crippen LogP) is 7.50. The molecule has 4 aromatic rings. The van der Waals surface area contributed by atoms with E-state index in [-0.39, 0.29) is 0 Å². The maximum atomic E-state index is 13.6. The lowest BCUT2D eigenvalue weighted by Crippen LogP contribution is -2.32. The van der Waals surface area contributed by atoms with Crippen LogP contribution < -0.4 is 15.0 Å². The molecule has 1 spiro atoms. The Morgan fingerprint density at radius 1 is 0.778 bits per heavy atom. The van der Waals surface area contributed by atoms with Crippen molar-refractivity contribution < 1.29 is 14.3 Å². The summed E-state index contributed by atoms with van der Waals surface area (Å²) in [5.74, 6) is 0.950. The van der Waals surface area contributed by atoms with Crippen LogP contribution in [0.15, 0.2) is 84.9 Å². The van der Waals surface area contributed by atoms with Crippen molar-refractivity contribution >= 4 is 34.6 Å². The van der Waals surface area contributed by atoms with Gasteiger partial charge in [-0.25, -0.2) is 4.79 Å². The summed E-state index contributed by atoms with van der Waals surface area (Å²) in [7, 11) is 0. The summed E-state index contributed by atoms with van der Waals surface area (Å²) in [6.45, 7) is 5.89. The minimum Gasteiger partial charge on any atom is -0.456 e. The van der Waals surface area contributed by atoms with Gasteiger partial charge in [-0.15, -0.1) is 0 Å². The van der Waals surface area contributed by atoms with Crippen LogP contribution in [0, 0.1) is 0 Å². The van der Waals surface area contributed by atoms with Crippen LogP contribution in [0.1, 0.15) is 40.9 Å². The third kappa shape index (κ3) is 3.20. The topological polar surface area (TPSA) is 50.8 Å². The first-order valence-corrected chi connectivity index (χ1v) is 12.5. The molecule has 6 rings (SSSR count). The van der Waals surface area contributed by atoms with E-state index in [0.29, 0.717) is 27.8 Å². The molecule has 0 unspecified atom stereocenters. The summed E-state index contributed by atoms with van der Waals surface area (Å²) in [6.07, 6.45) is 0. The fourth-order valence-electron chi connectivity index (χ4n) is 5.34. The molecule has 0 saturated carbocycles. The van der Waals surface area contributed by atoms with Gasteiger partial charge >= 0.3 is 5.97 Å². The molecule has 180 valence electrons. The third-order valence-electron chi connectivity index (χ3n) is 7.00. The Bertz CT molecular complexity index is 1450. The van der Waals surface area contributed by atoms with Crippen molar-refractivity contribution in [1.82, 2.24) is 0 Å². The maximum Gasteiger partial charge on any atom is 0.342 e. The molecule has 0 saturated heterocycles. The van der Waals surface area contributed by atoms with Crippen LogP contribution in [0.2, 0.25) is 5.02 Å². The number of nitrogens with one attached hydrogen (secondary N) is 1. The lowest BCUT2D eigenvalue weighted by atomic mass is 9.77. The molecule has 0 fully saturated rings. The fourth-order valence-corrected chi connectivity index (χ4v) is 5.63. The van der Waals surface area contributed by atoms with Gasteiger partial charge in [0.1, 0.15) is 11.5 Å². The molecule has 6 heteroatoms. The summed E-state index contributed by atoms with van der Waals surface area (Å²) in [4.78, 5) is 15.8. The second kappa shape index (κ2) is 8.61. The lowest BCUT2D eigenvalue weighted by Gasteiger charge is -2.36. The van der Waals surface area contributed by atoms with Crippen LogP contribution in [-0.2, 0) is 10.3 Å². The zero-order valence-corrected chi connectivity index (χ0v) is 20.8. The lowest BCUT2D eigenvalue weighted by molar-refractivity contribution is 0.0225. The van der Waals surface area contributed by atoms with Gasteiger partial charge in [0.15, 0.2) is 5.60 Å². The molecule has 5 nitrogen and oxygen atoms in total. The van der Waals surface area contributed by atoms with E-state index < -0.39 is 11.6 Å². The van der Waals surface area contributed by atoms with Gasteiger partial charge in [0, 0.05) is 29.8 Å². The first-order chi connectivity index (χ1) is 17.6.